The second kappa shape index (κ2) is 1.70. The summed E-state index contributed by atoms with van der Waals surface area (Å²) in [6.07, 6.45) is 3.89. The van der Waals surface area contributed by atoms with E-state index in [2.05, 4.69) is 20.8 Å². The molecule has 0 radical (unpaired) electrons. The molecule has 11 heavy (non-hydrogen) atoms. The van der Waals surface area contributed by atoms with Gasteiger partial charge in [0, 0.05) is 6.42 Å². The van der Waals surface area contributed by atoms with Gasteiger partial charge in [-0.05, 0) is 31.1 Å². The molecule has 0 spiro atoms. The molecule has 0 saturated heterocycles. The average molecular weight is 152 g/mol. The Bertz CT molecular complexity index is 217. The summed E-state index contributed by atoms with van der Waals surface area (Å²) in [5.74, 6) is 0.868. The monoisotopic (exact) mass is 152 g/mol. The molecule has 0 aromatic rings. The van der Waals surface area contributed by atoms with Crippen molar-refractivity contribution in [2.75, 3.05) is 0 Å². The minimum absolute atomic E-state index is 0.359. The van der Waals surface area contributed by atoms with Crippen LogP contribution in [0.15, 0.2) is 0 Å². The van der Waals surface area contributed by atoms with E-state index in [1.807, 2.05) is 0 Å². The Morgan fingerprint density at radius 3 is 2.18 bits per heavy atom. The molecule has 2 rings (SSSR count). The van der Waals surface area contributed by atoms with Crippen molar-refractivity contribution in [3.8, 4) is 0 Å². The minimum Gasteiger partial charge on any atom is -0.261 e. The third-order valence-electron chi connectivity index (χ3n) is 4.61. The first-order valence-electron chi connectivity index (χ1n) is 4.60. The average Bonchev–Trinajstić information content (AvgIpc) is 2.20. The first kappa shape index (κ1) is 7.33. The topological polar surface area (TPSA) is 25.6 Å². The highest BCUT2D eigenvalue weighted by atomic mass is 14.7. The molecule has 2 saturated carbocycles. The van der Waals surface area contributed by atoms with Crippen molar-refractivity contribution in [1.29, 1.82) is 0 Å². The Morgan fingerprint density at radius 1 is 1.36 bits per heavy atom. The molecule has 0 aliphatic heterocycles. The highest BCUT2D eigenvalue weighted by Crippen LogP contribution is 2.62. The van der Waals surface area contributed by atoms with Gasteiger partial charge in [0.15, 0.2) is 5.71 Å². The van der Waals surface area contributed by atoms with E-state index in [0.717, 1.165) is 5.92 Å². The molecule has 0 heterocycles. The van der Waals surface area contributed by atoms with Gasteiger partial charge >= 0.3 is 0 Å². The number of hydrogen-bond acceptors (Lipinski definition) is 0. The van der Waals surface area contributed by atoms with Gasteiger partial charge in [-0.3, -0.25) is 5.41 Å². The van der Waals surface area contributed by atoms with E-state index in [4.69, 9.17) is 5.41 Å². The smallest absolute Gasteiger partial charge is 0.155 e. The van der Waals surface area contributed by atoms with Crippen LogP contribution in [0.5, 0.6) is 0 Å². The lowest BCUT2D eigenvalue weighted by atomic mass is 9.70. The van der Waals surface area contributed by atoms with Crippen molar-refractivity contribution in [1.82, 2.24) is 0 Å². The fourth-order valence-electron chi connectivity index (χ4n) is 3.02. The predicted molar refractivity (Wildman–Crippen MR) is 46.2 cm³/mol. The first-order valence-corrected chi connectivity index (χ1v) is 4.60. The maximum absolute atomic E-state index is 6.05. The second-order valence-electron chi connectivity index (χ2n) is 5.02. The van der Waals surface area contributed by atoms with Gasteiger partial charge in [0.1, 0.15) is 0 Å². The Hall–Kier alpha value is -0.330. The predicted octanol–water partition coefficient (Wildman–Crippen LogP) is 1.03. The molecule has 1 heteroatoms. The third kappa shape index (κ3) is 0.605. The maximum Gasteiger partial charge on any atom is 0.155 e. The summed E-state index contributed by atoms with van der Waals surface area (Å²) in [4.78, 5) is 0. The fourth-order valence-corrected chi connectivity index (χ4v) is 3.02. The molecule has 0 unspecified atom stereocenters. The lowest BCUT2D eigenvalue weighted by Crippen LogP contribution is -2.49. The van der Waals surface area contributed by atoms with Crippen LogP contribution in [-0.2, 0) is 0 Å². The van der Waals surface area contributed by atoms with Crippen LogP contribution < -0.4 is 5.41 Å². The summed E-state index contributed by atoms with van der Waals surface area (Å²) in [5.41, 5.74) is 2.09. The zero-order valence-corrected chi connectivity index (χ0v) is 7.78. The van der Waals surface area contributed by atoms with Crippen LogP contribution in [0.2, 0.25) is 0 Å². The van der Waals surface area contributed by atoms with Crippen molar-refractivity contribution in [2.45, 2.75) is 40.0 Å². The van der Waals surface area contributed by atoms with Gasteiger partial charge in [-0.2, -0.15) is 0 Å². The van der Waals surface area contributed by atoms with Crippen LogP contribution in [0, 0.1) is 16.7 Å². The normalized spacial score (nSPS) is 46.8. The number of rotatable bonds is 0. The zero-order valence-electron chi connectivity index (χ0n) is 7.78. The molecule has 62 valence electrons. The van der Waals surface area contributed by atoms with Crippen LogP contribution in [0.1, 0.15) is 40.0 Å². The molecule has 2 N–H and O–H groups in total. The maximum atomic E-state index is 6.05. The van der Waals surface area contributed by atoms with E-state index in [1.54, 1.807) is 0 Å². The van der Waals surface area contributed by atoms with Gasteiger partial charge in [-0.25, -0.2) is 0 Å². The summed E-state index contributed by atoms with van der Waals surface area (Å²) >= 11 is 0. The van der Waals surface area contributed by atoms with E-state index >= 15 is 0 Å². The van der Waals surface area contributed by atoms with E-state index in [-0.39, 0.29) is 0 Å². The summed E-state index contributed by atoms with van der Waals surface area (Å²) in [5, 5.41) is 6.05. The number of nitrogens with two attached hydrogens (primary N) is 1. The van der Waals surface area contributed by atoms with E-state index < -0.39 is 0 Å². The molecule has 2 aliphatic rings. The van der Waals surface area contributed by atoms with Crippen molar-refractivity contribution in [3.05, 3.63) is 0 Å². The standard InChI is InChI=1S/C10H17N/c1-9(2)7-4-5-10(9,3)8(11)6-7/h7,11H,4-6H2,1-3H3/p+1/t7-,10-/m1/s1. The van der Waals surface area contributed by atoms with Crippen LogP contribution in [-0.4, -0.2) is 5.71 Å². The summed E-state index contributed by atoms with van der Waals surface area (Å²) in [6.45, 7) is 7.10. The van der Waals surface area contributed by atoms with Crippen molar-refractivity contribution < 1.29 is 5.41 Å². The van der Waals surface area contributed by atoms with Gasteiger partial charge in [0.25, 0.3) is 0 Å². The lowest BCUT2D eigenvalue weighted by Gasteiger charge is -2.31. The highest BCUT2D eigenvalue weighted by molar-refractivity contribution is 5.89. The highest BCUT2D eigenvalue weighted by Gasteiger charge is 2.62. The molecule has 2 atom stereocenters. The van der Waals surface area contributed by atoms with Gasteiger partial charge in [-0.15, -0.1) is 0 Å². The largest absolute Gasteiger partial charge is 0.261 e. The van der Waals surface area contributed by atoms with Crippen LogP contribution in [0.4, 0.5) is 0 Å². The van der Waals surface area contributed by atoms with E-state index in [1.165, 1.54) is 25.0 Å². The van der Waals surface area contributed by atoms with Crippen LogP contribution in [0.25, 0.3) is 0 Å². The first-order chi connectivity index (χ1) is 4.98. The quantitative estimate of drug-likeness (QED) is 0.536. The molecular formula is C10H18N+. The van der Waals surface area contributed by atoms with Gasteiger partial charge in [-0.1, -0.05) is 13.8 Å². The summed E-state index contributed by atoms with van der Waals surface area (Å²) in [7, 11) is 0. The van der Waals surface area contributed by atoms with Crippen molar-refractivity contribution in [2.24, 2.45) is 16.7 Å². The molecular weight excluding hydrogens is 134 g/mol. The van der Waals surface area contributed by atoms with Gasteiger partial charge in [0.05, 0.1) is 5.41 Å². The summed E-state index contributed by atoms with van der Waals surface area (Å²) in [6, 6.07) is 0. The van der Waals surface area contributed by atoms with Gasteiger partial charge < -0.3 is 0 Å². The molecule has 2 aliphatic carbocycles. The summed E-state index contributed by atoms with van der Waals surface area (Å²) < 4.78 is 0. The molecule has 1 nitrogen and oxygen atoms in total. The zero-order chi connectivity index (χ0) is 8.28. The van der Waals surface area contributed by atoms with Gasteiger partial charge in [0.2, 0.25) is 0 Å². The fraction of sp³-hybridized carbons (Fsp3) is 0.900. The molecule has 0 aromatic heterocycles. The second-order valence-corrected chi connectivity index (χ2v) is 5.02. The Labute approximate surface area is 68.7 Å². The van der Waals surface area contributed by atoms with Crippen LogP contribution in [0.3, 0.4) is 0 Å². The number of hydrogen-bond donors (Lipinski definition) is 1. The lowest BCUT2D eigenvalue weighted by molar-refractivity contribution is -0.128. The molecule has 0 aromatic carbocycles. The molecule has 2 bridgehead atoms. The van der Waals surface area contributed by atoms with Crippen molar-refractivity contribution >= 4 is 5.71 Å². The molecule has 0 amide bonds. The van der Waals surface area contributed by atoms with Crippen LogP contribution >= 0.6 is 0 Å². The van der Waals surface area contributed by atoms with E-state index in [0.29, 0.717) is 10.8 Å². The SMILES string of the molecule is CC1(C)[C@@H]2CC[C@]1(C)C(=[NH2+])C2. The van der Waals surface area contributed by atoms with Crippen molar-refractivity contribution in [3.63, 3.8) is 0 Å². The number of fused-ring (bicyclic) bond motifs is 2. The Balaban J connectivity index is 2.47. The third-order valence-corrected chi connectivity index (χ3v) is 4.61. The van der Waals surface area contributed by atoms with E-state index in [9.17, 15) is 0 Å². The molecule has 2 fully saturated rings. The Kier molecular flexibility index (Phi) is 1.13. The minimum atomic E-state index is 0.359. The Morgan fingerprint density at radius 2 is 2.00 bits per heavy atom.